The van der Waals surface area contributed by atoms with Gasteiger partial charge in [-0.25, -0.2) is 0 Å². The number of aromatic amines is 1. The molecule has 174 valence electrons. The van der Waals surface area contributed by atoms with Gasteiger partial charge in [0.05, 0.1) is 23.1 Å². The van der Waals surface area contributed by atoms with Crippen LogP contribution >= 0.6 is 0 Å². The zero-order valence-electron chi connectivity index (χ0n) is 18.6. The van der Waals surface area contributed by atoms with Crippen LogP contribution in [0, 0.1) is 5.92 Å². The third-order valence-corrected chi connectivity index (χ3v) is 7.40. The Morgan fingerprint density at radius 1 is 1.06 bits per heavy atom. The molecule has 2 saturated carbocycles. The number of benzene rings is 1. The molecule has 0 unspecified atom stereocenters. The molecule has 8 heteroatoms. The highest BCUT2D eigenvalue weighted by atomic mass is 16.4. The summed E-state index contributed by atoms with van der Waals surface area (Å²) < 4.78 is 2.00. The van der Waals surface area contributed by atoms with E-state index in [1.165, 1.54) is 19.3 Å². The number of H-pyrrole nitrogens is 1. The van der Waals surface area contributed by atoms with Gasteiger partial charge >= 0.3 is 5.97 Å². The molecule has 2 aliphatic rings. The average molecular weight is 451 g/mol. The van der Waals surface area contributed by atoms with Crippen LogP contribution in [0.15, 0.2) is 41.3 Å². The third kappa shape index (κ3) is 4.15. The van der Waals surface area contributed by atoms with E-state index in [4.69, 9.17) is 5.10 Å². The monoisotopic (exact) mass is 450 g/mol. The molecule has 0 amide bonds. The van der Waals surface area contributed by atoms with Gasteiger partial charge in [0.25, 0.3) is 5.56 Å². The van der Waals surface area contributed by atoms with E-state index in [0.29, 0.717) is 42.9 Å². The second-order valence-corrected chi connectivity index (χ2v) is 9.50. The first-order valence-electron chi connectivity index (χ1n) is 11.9. The van der Waals surface area contributed by atoms with Crippen LogP contribution in [0.25, 0.3) is 10.9 Å². The van der Waals surface area contributed by atoms with Crippen molar-refractivity contribution in [2.45, 2.75) is 69.4 Å². The zero-order chi connectivity index (χ0) is 23.0. The van der Waals surface area contributed by atoms with E-state index in [2.05, 4.69) is 10.3 Å². The van der Waals surface area contributed by atoms with Gasteiger partial charge in [-0.2, -0.15) is 5.10 Å². The molecular formula is C25H30N4O4. The first kappa shape index (κ1) is 21.7. The van der Waals surface area contributed by atoms with Gasteiger partial charge in [0.2, 0.25) is 0 Å². The number of fused-ring (bicyclic) bond motifs is 1. The number of nitrogens with one attached hydrogen (secondary N) is 2. The number of aromatic nitrogens is 3. The summed E-state index contributed by atoms with van der Waals surface area (Å²) >= 11 is 0. The van der Waals surface area contributed by atoms with Crippen molar-refractivity contribution < 1.29 is 15.0 Å². The number of pyridine rings is 1. The van der Waals surface area contributed by atoms with E-state index >= 15 is 0 Å². The topological polar surface area (TPSA) is 120 Å². The van der Waals surface area contributed by atoms with Crippen molar-refractivity contribution in [2.24, 2.45) is 5.92 Å². The lowest BCUT2D eigenvalue weighted by Gasteiger charge is -2.35. The van der Waals surface area contributed by atoms with Crippen molar-refractivity contribution in [3.05, 3.63) is 52.4 Å². The predicted molar refractivity (Wildman–Crippen MR) is 126 cm³/mol. The maximum Gasteiger partial charge on any atom is 0.306 e. The van der Waals surface area contributed by atoms with E-state index in [1.54, 1.807) is 6.20 Å². The maximum atomic E-state index is 12.6. The number of hydrogen-bond donors (Lipinski definition) is 4. The van der Waals surface area contributed by atoms with Crippen LogP contribution in [0.3, 0.4) is 0 Å². The van der Waals surface area contributed by atoms with Crippen molar-refractivity contribution in [3.63, 3.8) is 0 Å². The molecule has 2 fully saturated rings. The second-order valence-electron chi connectivity index (χ2n) is 9.50. The first-order chi connectivity index (χ1) is 15.9. The highest BCUT2D eigenvalue weighted by Crippen LogP contribution is 2.40. The van der Waals surface area contributed by atoms with Crippen molar-refractivity contribution in [1.29, 1.82) is 0 Å². The molecule has 3 aromatic rings. The van der Waals surface area contributed by atoms with Gasteiger partial charge in [0.1, 0.15) is 5.39 Å². The molecule has 1 aromatic carbocycles. The Hall–Kier alpha value is -3.13. The summed E-state index contributed by atoms with van der Waals surface area (Å²) in [4.78, 5) is 26.6. The number of carbonyl (C=O) groups is 1. The fraction of sp³-hybridized carbons (Fsp3) is 0.480. The minimum atomic E-state index is -1.00. The van der Waals surface area contributed by atoms with Crippen molar-refractivity contribution in [1.82, 2.24) is 14.8 Å². The largest absolute Gasteiger partial charge is 0.481 e. The van der Waals surface area contributed by atoms with Gasteiger partial charge in [0, 0.05) is 11.9 Å². The number of nitrogens with zero attached hydrogens (tertiary/aromatic N) is 2. The van der Waals surface area contributed by atoms with E-state index in [9.17, 15) is 19.8 Å². The molecule has 0 bridgehead atoms. The molecule has 2 heterocycles. The number of carboxylic acid groups (broad SMARTS) is 1. The molecule has 0 aliphatic heterocycles. The fourth-order valence-electron chi connectivity index (χ4n) is 5.42. The minimum Gasteiger partial charge on any atom is -0.481 e. The van der Waals surface area contributed by atoms with Crippen LogP contribution in [0.4, 0.5) is 11.5 Å². The van der Waals surface area contributed by atoms with Crippen LogP contribution < -0.4 is 10.9 Å². The van der Waals surface area contributed by atoms with Gasteiger partial charge in [-0.1, -0.05) is 31.4 Å². The van der Waals surface area contributed by atoms with Crippen LogP contribution in [0.2, 0.25) is 0 Å². The fourth-order valence-corrected chi connectivity index (χ4v) is 5.42. The van der Waals surface area contributed by atoms with Gasteiger partial charge in [-0.05, 0) is 62.3 Å². The van der Waals surface area contributed by atoms with Crippen molar-refractivity contribution in [3.8, 4) is 0 Å². The molecular weight excluding hydrogens is 420 g/mol. The van der Waals surface area contributed by atoms with Crippen LogP contribution in [0.1, 0.15) is 69.4 Å². The van der Waals surface area contributed by atoms with Gasteiger partial charge in [-0.3, -0.25) is 14.3 Å². The van der Waals surface area contributed by atoms with E-state index in [-0.39, 0.29) is 11.5 Å². The standard InChI is InChI=1S/C25H30N4O4/c30-23-21-20(12-15-26-23)29(19-4-2-1-3-5-19)28-22(21)27-18-8-6-17(7-9-18)25(33)13-10-16(11-14-25)24(31)32/h6-9,12,15-16,19,33H,1-5,10-11,13-14H2,(H,26,30)(H,27,28)(H,31,32)/t16-,25+. The lowest BCUT2D eigenvalue weighted by Crippen LogP contribution is -2.33. The number of aliphatic hydroxyl groups is 1. The molecule has 8 nitrogen and oxygen atoms in total. The molecule has 33 heavy (non-hydrogen) atoms. The van der Waals surface area contributed by atoms with Crippen LogP contribution in [-0.4, -0.2) is 30.9 Å². The average Bonchev–Trinajstić information content (AvgIpc) is 3.20. The lowest BCUT2D eigenvalue weighted by molar-refractivity contribution is -0.145. The predicted octanol–water partition coefficient (Wildman–Crippen LogP) is 4.44. The molecule has 0 radical (unpaired) electrons. The highest BCUT2D eigenvalue weighted by Gasteiger charge is 2.37. The number of anilines is 2. The summed E-state index contributed by atoms with van der Waals surface area (Å²) in [5, 5.41) is 28.9. The Balaban J connectivity index is 1.39. The summed E-state index contributed by atoms with van der Waals surface area (Å²) in [6, 6.07) is 9.70. The normalized spacial score (nSPS) is 24.1. The Kier molecular flexibility index (Phi) is 5.70. The summed E-state index contributed by atoms with van der Waals surface area (Å²) in [7, 11) is 0. The van der Waals surface area contributed by atoms with Crippen LogP contribution in [0.5, 0.6) is 0 Å². The van der Waals surface area contributed by atoms with Gasteiger partial charge in [-0.15, -0.1) is 0 Å². The molecule has 5 rings (SSSR count). The third-order valence-electron chi connectivity index (χ3n) is 7.40. The number of rotatable bonds is 5. The Morgan fingerprint density at radius 3 is 2.42 bits per heavy atom. The molecule has 2 aromatic heterocycles. The Morgan fingerprint density at radius 2 is 1.76 bits per heavy atom. The minimum absolute atomic E-state index is 0.168. The van der Waals surface area contributed by atoms with E-state index in [0.717, 1.165) is 29.6 Å². The molecule has 0 spiro atoms. The van der Waals surface area contributed by atoms with E-state index < -0.39 is 11.6 Å². The Labute approximate surface area is 191 Å². The van der Waals surface area contributed by atoms with Crippen LogP contribution in [-0.2, 0) is 10.4 Å². The maximum absolute atomic E-state index is 12.6. The summed E-state index contributed by atoms with van der Waals surface area (Å²) in [5.74, 6) is -0.630. The summed E-state index contributed by atoms with van der Waals surface area (Å²) in [6.45, 7) is 0. The second kappa shape index (κ2) is 8.67. The summed E-state index contributed by atoms with van der Waals surface area (Å²) in [6.07, 6.45) is 9.22. The Bertz CT molecular complexity index is 1200. The molecule has 0 atom stereocenters. The number of hydrogen-bond acceptors (Lipinski definition) is 5. The molecule has 0 saturated heterocycles. The molecule has 4 N–H and O–H groups in total. The number of carboxylic acids is 1. The smallest absolute Gasteiger partial charge is 0.306 e. The van der Waals surface area contributed by atoms with Gasteiger partial charge in [0.15, 0.2) is 5.82 Å². The van der Waals surface area contributed by atoms with E-state index in [1.807, 2.05) is 35.0 Å². The first-order valence-corrected chi connectivity index (χ1v) is 11.9. The SMILES string of the molecule is O=c1[nH]ccc2c1c(Nc1ccc([C@]3(O)CC[C@@H](C(=O)O)CC3)cc1)nn2C1CCCCC1. The lowest BCUT2D eigenvalue weighted by atomic mass is 9.75. The van der Waals surface area contributed by atoms with Crippen molar-refractivity contribution in [2.75, 3.05) is 5.32 Å². The summed E-state index contributed by atoms with van der Waals surface area (Å²) in [5.41, 5.74) is 1.23. The zero-order valence-corrected chi connectivity index (χ0v) is 18.6. The van der Waals surface area contributed by atoms with Gasteiger partial charge < -0.3 is 20.5 Å². The molecule has 2 aliphatic carbocycles. The van der Waals surface area contributed by atoms with Crippen molar-refractivity contribution >= 4 is 28.4 Å². The quantitative estimate of drug-likeness (QED) is 0.456. The number of aliphatic carboxylic acids is 1. The highest BCUT2D eigenvalue weighted by molar-refractivity contribution is 5.91.